The van der Waals surface area contributed by atoms with Gasteiger partial charge in [-0.05, 0) is 68.8 Å². The molecule has 1 spiro atoms. The number of halogens is 1. The second kappa shape index (κ2) is 4.86. The van der Waals surface area contributed by atoms with E-state index in [0.717, 1.165) is 4.47 Å². The van der Waals surface area contributed by atoms with Crippen molar-refractivity contribution in [2.75, 3.05) is 18.4 Å². The van der Waals surface area contributed by atoms with Crippen LogP contribution in [0, 0.1) is 12.3 Å². The zero-order valence-electron chi connectivity index (χ0n) is 10.9. The normalized spacial score (nSPS) is 22.8. The van der Waals surface area contributed by atoms with E-state index >= 15 is 0 Å². The molecule has 1 saturated heterocycles. The molecule has 2 fully saturated rings. The number of hydrogen-bond acceptors (Lipinski definition) is 2. The molecule has 0 bridgehead atoms. The van der Waals surface area contributed by atoms with E-state index in [9.17, 15) is 0 Å². The number of benzene rings is 1. The molecule has 3 rings (SSSR count). The molecule has 0 unspecified atom stereocenters. The summed E-state index contributed by atoms with van der Waals surface area (Å²) in [7, 11) is 0. The van der Waals surface area contributed by atoms with Gasteiger partial charge in [-0.15, -0.1) is 0 Å². The van der Waals surface area contributed by atoms with Crippen molar-refractivity contribution in [3.63, 3.8) is 0 Å². The predicted octanol–water partition coefficient (Wildman–Crippen LogP) is 3.70. The SMILES string of the molecule is Cc1ccc(Br)cc1NC1CC2(CCNCC2)C1. The van der Waals surface area contributed by atoms with Crippen LogP contribution in [0.3, 0.4) is 0 Å². The maximum absolute atomic E-state index is 3.71. The monoisotopic (exact) mass is 308 g/mol. The van der Waals surface area contributed by atoms with Gasteiger partial charge in [0.15, 0.2) is 0 Å². The lowest BCUT2D eigenvalue weighted by molar-refractivity contribution is 0.0718. The molecule has 2 N–H and O–H groups in total. The van der Waals surface area contributed by atoms with Crippen LogP contribution < -0.4 is 10.6 Å². The first kappa shape index (κ1) is 12.5. The highest BCUT2D eigenvalue weighted by Crippen LogP contribution is 2.49. The van der Waals surface area contributed by atoms with Crippen LogP contribution >= 0.6 is 15.9 Å². The van der Waals surface area contributed by atoms with Crippen molar-refractivity contribution in [2.24, 2.45) is 5.41 Å². The summed E-state index contributed by atoms with van der Waals surface area (Å²) in [4.78, 5) is 0. The Morgan fingerprint density at radius 1 is 1.28 bits per heavy atom. The Hall–Kier alpha value is -0.540. The smallest absolute Gasteiger partial charge is 0.0383 e. The van der Waals surface area contributed by atoms with Crippen LogP contribution in [0.2, 0.25) is 0 Å². The van der Waals surface area contributed by atoms with Gasteiger partial charge < -0.3 is 10.6 Å². The van der Waals surface area contributed by atoms with Crippen LogP contribution in [0.4, 0.5) is 5.69 Å². The van der Waals surface area contributed by atoms with E-state index in [4.69, 9.17) is 0 Å². The van der Waals surface area contributed by atoms with E-state index in [1.807, 2.05) is 0 Å². The maximum atomic E-state index is 3.71. The highest BCUT2D eigenvalue weighted by Gasteiger charge is 2.44. The molecule has 18 heavy (non-hydrogen) atoms. The minimum absolute atomic E-state index is 0.656. The summed E-state index contributed by atoms with van der Waals surface area (Å²) in [5.74, 6) is 0. The van der Waals surface area contributed by atoms with E-state index < -0.39 is 0 Å². The summed E-state index contributed by atoms with van der Waals surface area (Å²) >= 11 is 3.55. The molecule has 1 aromatic rings. The van der Waals surface area contributed by atoms with Gasteiger partial charge in [0.05, 0.1) is 0 Å². The first-order chi connectivity index (χ1) is 8.67. The molecule has 1 saturated carbocycles. The number of hydrogen-bond donors (Lipinski definition) is 2. The molecule has 1 aliphatic heterocycles. The Kier molecular flexibility index (Phi) is 3.37. The molecule has 2 aliphatic rings. The molecular formula is C15H21BrN2. The van der Waals surface area contributed by atoms with Crippen molar-refractivity contribution in [1.29, 1.82) is 0 Å². The van der Waals surface area contributed by atoms with E-state index in [1.165, 1.54) is 50.0 Å². The number of nitrogens with one attached hydrogen (secondary N) is 2. The summed E-state index contributed by atoms with van der Waals surface area (Å²) < 4.78 is 1.16. The molecule has 0 atom stereocenters. The van der Waals surface area contributed by atoms with Crippen molar-refractivity contribution in [2.45, 2.75) is 38.6 Å². The average molecular weight is 309 g/mol. The van der Waals surface area contributed by atoms with E-state index in [1.54, 1.807) is 0 Å². The number of aryl methyl sites for hydroxylation is 1. The molecule has 0 radical (unpaired) electrons. The summed E-state index contributed by atoms with van der Waals surface area (Å²) in [6.07, 6.45) is 5.42. The van der Waals surface area contributed by atoms with Gasteiger partial charge in [-0.3, -0.25) is 0 Å². The number of anilines is 1. The van der Waals surface area contributed by atoms with Crippen molar-refractivity contribution in [1.82, 2.24) is 5.32 Å². The summed E-state index contributed by atoms with van der Waals surface area (Å²) in [6, 6.07) is 7.15. The van der Waals surface area contributed by atoms with Crippen molar-refractivity contribution >= 4 is 21.6 Å². The Labute approximate surface area is 118 Å². The van der Waals surface area contributed by atoms with Gasteiger partial charge >= 0.3 is 0 Å². The largest absolute Gasteiger partial charge is 0.382 e. The van der Waals surface area contributed by atoms with Crippen LogP contribution in [-0.4, -0.2) is 19.1 Å². The second-order valence-electron chi connectivity index (χ2n) is 5.96. The van der Waals surface area contributed by atoms with Crippen molar-refractivity contribution in [3.05, 3.63) is 28.2 Å². The van der Waals surface area contributed by atoms with Crippen LogP contribution in [0.5, 0.6) is 0 Å². The van der Waals surface area contributed by atoms with Gasteiger partial charge in [-0.2, -0.15) is 0 Å². The average Bonchev–Trinajstić information content (AvgIpc) is 2.33. The predicted molar refractivity (Wildman–Crippen MR) is 80.1 cm³/mol. The number of piperidine rings is 1. The molecule has 0 amide bonds. The van der Waals surface area contributed by atoms with Crippen molar-refractivity contribution in [3.8, 4) is 0 Å². The summed E-state index contributed by atoms with van der Waals surface area (Å²) in [6.45, 7) is 4.60. The van der Waals surface area contributed by atoms with Gasteiger partial charge in [0, 0.05) is 16.2 Å². The summed E-state index contributed by atoms with van der Waals surface area (Å²) in [5, 5.41) is 7.17. The Balaban J connectivity index is 1.60. The van der Waals surface area contributed by atoms with Gasteiger partial charge in [0.1, 0.15) is 0 Å². The van der Waals surface area contributed by atoms with Crippen molar-refractivity contribution < 1.29 is 0 Å². The lowest BCUT2D eigenvalue weighted by atomic mass is 9.60. The second-order valence-corrected chi connectivity index (χ2v) is 6.87. The molecule has 3 heteroatoms. The lowest BCUT2D eigenvalue weighted by Gasteiger charge is -2.51. The Morgan fingerprint density at radius 3 is 2.72 bits per heavy atom. The van der Waals surface area contributed by atoms with Crippen LogP contribution in [0.15, 0.2) is 22.7 Å². The first-order valence-electron chi connectivity index (χ1n) is 6.90. The molecule has 1 aliphatic carbocycles. The third-order valence-corrected chi connectivity index (χ3v) is 5.08. The minimum Gasteiger partial charge on any atom is -0.382 e. The molecular weight excluding hydrogens is 288 g/mol. The van der Waals surface area contributed by atoms with Gasteiger partial charge in [-0.1, -0.05) is 22.0 Å². The quantitative estimate of drug-likeness (QED) is 0.870. The summed E-state index contributed by atoms with van der Waals surface area (Å²) in [5.41, 5.74) is 3.28. The van der Waals surface area contributed by atoms with Crippen LogP contribution in [0.25, 0.3) is 0 Å². The van der Waals surface area contributed by atoms with Gasteiger partial charge in [0.25, 0.3) is 0 Å². The fourth-order valence-corrected chi connectivity index (χ4v) is 3.78. The molecule has 0 aromatic heterocycles. The number of rotatable bonds is 2. The van der Waals surface area contributed by atoms with Crippen LogP contribution in [0.1, 0.15) is 31.2 Å². The van der Waals surface area contributed by atoms with E-state index in [2.05, 4.69) is 51.7 Å². The Bertz CT molecular complexity index is 430. The zero-order valence-corrected chi connectivity index (χ0v) is 12.5. The highest BCUT2D eigenvalue weighted by atomic mass is 79.9. The molecule has 1 heterocycles. The minimum atomic E-state index is 0.656. The van der Waals surface area contributed by atoms with E-state index in [-0.39, 0.29) is 0 Å². The lowest BCUT2D eigenvalue weighted by Crippen LogP contribution is -2.50. The van der Waals surface area contributed by atoms with Crippen LogP contribution in [-0.2, 0) is 0 Å². The van der Waals surface area contributed by atoms with Gasteiger partial charge in [0.2, 0.25) is 0 Å². The first-order valence-corrected chi connectivity index (χ1v) is 7.70. The maximum Gasteiger partial charge on any atom is 0.0383 e. The fraction of sp³-hybridized carbons (Fsp3) is 0.600. The molecule has 2 nitrogen and oxygen atoms in total. The third kappa shape index (κ3) is 2.43. The zero-order chi connectivity index (χ0) is 12.6. The Morgan fingerprint density at radius 2 is 2.00 bits per heavy atom. The highest BCUT2D eigenvalue weighted by molar-refractivity contribution is 9.10. The topological polar surface area (TPSA) is 24.1 Å². The standard InChI is InChI=1S/C15H21BrN2/c1-11-2-3-12(16)8-14(11)18-13-9-15(10-13)4-6-17-7-5-15/h2-3,8,13,17-18H,4-7,9-10H2,1H3. The molecule has 1 aromatic carbocycles. The third-order valence-electron chi connectivity index (χ3n) is 4.58. The van der Waals surface area contributed by atoms with Gasteiger partial charge in [-0.25, -0.2) is 0 Å². The van der Waals surface area contributed by atoms with E-state index in [0.29, 0.717) is 11.5 Å². The molecule has 98 valence electrons. The fourth-order valence-electron chi connectivity index (χ4n) is 3.42.